The van der Waals surface area contributed by atoms with Crippen molar-refractivity contribution < 1.29 is 4.74 Å². The first-order chi connectivity index (χ1) is 9.40. The van der Waals surface area contributed by atoms with Gasteiger partial charge in [0.25, 0.3) is 0 Å². The van der Waals surface area contributed by atoms with Gasteiger partial charge in [-0.1, -0.05) is 48.5 Å². The van der Waals surface area contributed by atoms with Gasteiger partial charge in [-0.2, -0.15) is 5.26 Å². The molecule has 0 saturated carbocycles. The smallest absolute Gasteiger partial charge is 0.122 e. The largest absolute Gasteiger partial charge is 0.493 e. The number of ether oxygens (including phenoxy) is 1. The van der Waals surface area contributed by atoms with Crippen LogP contribution in [0.15, 0.2) is 54.6 Å². The van der Waals surface area contributed by atoms with Gasteiger partial charge in [0.2, 0.25) is 0 Å². The van der Waals surface area contributed by atoms with Gasteiger partial charge in [-0.25, -0.2) is 0 Å². The summed E-state index contributed by atoms with van der Waals surface area (Å²) < 4.78 is 5.76. The maximum absolute atomic E-state index is 8.51. The second kappa shape index (κ2) is 7.23. The first kappa shape index (κ1) is 13.2. The molecule has 0 atom stereocenters. The molecule has 0 N–H and O–H groups in total. The average molecular weight is 251 g/mol. The van der Waals surface area contributed by atoms with E-state index in [2.05, 4.69) is 24.3 Å². The van der Waals surface area contributed by atoms with Crippen LogP contribution in [0, 0.1) is 11.3 Å². The molecule has 0 aliphatic heterocycles. The number of nitrogens with zero attached hydrogens (tertiary/aromatic N) is 1. The topological polar surface area (TPSA) is 33.0 Å². The fraction of sp³-hybridized carbons (Fsp3) is 0.235. The van der Waals surface area contributed by atoms with Crippen LogP contribution in [0.2, 0.25) is 0 Å². The minimum Gasteiger partial charge on any atom is -0.493 e. The van der Waals surface area contributed by atoms with Gasteiger partial charge < -0.3 is 4.74 Å². The highest BCUT2D eigenvalue weighted by molar-refractivity contribution is 5.37. The third-order valence-electron chi connectivity index (χ3n) is 2.90. The molecular formula is C17H17NO. The quantitative estimate of drug-likeness (QED) is 0.728. The van der Waals surface area contributed by atoms with Crippen LogP contribution in [0.3, 0.4) is 0 Å². The molecule has 0 fully saturated rings. The normalized spacial score (nSPS) is 9.84. The van der Waals surface area contributed by atoms with E-state index in [0.717, 1.165) is 18.6 Å². The van der Waals surface area contributed by atoms with Gasteiger partial charge in [0, 0.05) is 12.8 Å². The van der Waals surface area contributed by atoms with Gasteiger partial charge in [-0.15, -0.1) is 0 Å². The van der Waals surface area contributed by atoms with E-state index in [1.54, 1.807) is 0 Å². The highest BCUT2D eigenvalue weighted by Crippen LogP contribution is 2.21. The molecule has 0 aliphatic rings. The molecule has 0 unspecified atom stereocenters. The van der Waals surface area contributed by atoms with Gasteiger partial charge in [0.1, 0.15) is 5.75 Å². The third-order valence-corrected chi connectivity index (χ3v) is 2.90. The molecule has 0 amide bonds. The number of rotatable bonds is 6. The van der Waals surface area contributed by atoms with E-state index in [4.69, 9.17) is 10.00 Å². The van der Waals surface area contributed by atoms with Crippen molar-refractivity contribution in [3.63, 3.8) is 0 Å². The predicted molar refractivity (Wildman–Crippen MR) is 76.0 cm³/mol. The summed E-state index contributed by atoms with van der Waals surface area (Å²) in [7, 11) is 0. The van der Waals surface area contributed by atoms with Crippen LogP contribution in [-0.4, -0.2) is 6.61 Å². The molecule has 0 aliphatic carbocycles. The lowest BCUT2D eigenvalue weighted by Crippen LogP contribution is -2.00. The van der Waals surface area contributed by atoms with Crippen molar-refractivity contribution in [2.75, 3.05) is 6.61 Å². The minimum atomic E-state index is 0.543. The summed E-state index contributed by atoms with van der Waals surface area (Å²) in [6, 6.07) is 20.6. The van der Waals surface area contributed by atoms with Crippen molar-refractivity contribution in [3.8, 4) is 11.8 Å². The lowest BCUT2D eigenvalue weighted by Gasteiger charge is -2.11. The standard InChI is InChI=1S/C17H17NO/c18-12-6-7-13-19-17-11-5-4-10-16(17)14-15-8-2-1-3-9-15/h1-5,8-11H,6-7,13-14H2. The molecular weight excluding hydrogens is 234 g/mol. The van der Waals surface area contributed by atoms with E-state index >= 15 is 0 Å². The molecule has 0 radical (unpaired) electrons. The minimum absolute atomic E-state index is 0.543. The first-order valence-electron chi connectivity index (χ1n) is 6.52. The van der Waals surface area contributed by atoms with Crippen LogP contribution in [0.5, 0.6) is 5.75 Å². The van der Waals surface area contributed by atoms with Crippen LogP contribution < -0.4 is 4.74 Å². The van der Waals surface area contributed by atoms with Crippen molar-refractivity contribution in [1.82, 2.24) is 0 Å². The molecule has 0 aromatic heterocycles. The van der Waals surface area contributed by atoms with Crippen LogP contribution >= 0.6 is 0 Å². The highest BCUT2D eigenvalue weighted by Gasteiger charge is 2.03. The van der Waals surface area contributed by atoms with Crippen molar-refractivity contribution >= 4 is 0 Å². The van der Waals surface area contributed by atoms with E-state index in [1.165, 1.54) is 11.1 Å². The highest BCUT2D eigenvalue weighted by atomic mass is 16.5. The molecule has 0 heterocycles. The number of benzene rings is 2. The third kappa shape index (κ3) is 4.15. The van der Waals surface area contributed by atoms with Crippen molar-refractivity contribution in [1.29, 1.82) is 5.26 Å². The Kier molecular flexibility index (Phi) is 5.01. The molecule has 0 bridgehead atoms. The summed E-state index contributed by atoms with van der Waals surface area (Å²) >= 11 is 0. The fourth-order valence-corrected chi connectivity index (χ4v) is 1.94. The van der Waals surface area contributed by atoms with Crippen LogP contribution in [0.1, 0.15) is 24.0 Å². The van der Waals surface area contributed by atoms with E-state index in [0.29, 0.717) is 13.0 Å². The lowest BCUT2D eigenvalue weighted by atomic mass is 10.0. The molecule has 2 aromatic carbocycles. The Hall–Kier alpha value is -2.27. The van der Waals surface area contributed by atoms with E-state index in [1.807, 2.05) is 36.4 Å². The Morgan fingerprint density at radius 2 is 1.68 bits per heavy atom. The summed E-state index contributed by atoms with van der Waals surface area (Å²) in [6.45, 7) is 0.597. The van der Waals surface area contributed by atoms with Crippen molar-refractivity contribution in [2.45, 2.75) is 19.3 Å². The van der Waals surface area contributed by atoms with Crippen LogP contribution in [0.25, 0.3) is 0 Å². The summed E-state index contributed by atoms with van der Waals surface area (Å²) in [5.41, 5.74) is 2.46. The number of hydrogen-bond acceptors (Lipinski definition) is 2. The molecule has 19 heavy (non-hydrogen) atoms. The Morgan fingerprint density at radius 3 is 2.47 bits per heavy atom. The second-order valence-electron chi connectivity index (χ2n) is 4.38. The first-order valence-corrected chi connectivity index (χ1v) is 6.52. The molecule has 96 valence electrons. The Balaban J connectivity index is 2.02. The van der Waals surface area contributed by atoms with Crippen molar-refractivity contribution in [3.05, 3.63) is 65.7 Å². The van der Waals surface area contributed by atoms with Crippen molar-refractivity contribution in [2.24, 2.45) is 0 Å². The summed E-state index contributed by atoms with van der Waals surface area (Å²) in [4.78, 5) is 0. The zero-order chi connectivity index (χ0) is 13.3. The summed E-state index contributed by atoms with van der Waals surface area (Å²) in [6.07, 6.45) is 2.19. The van der Waals surface area contributed by atoms with Gasteiger partial charge >= 0.3 is 0 Å². The zero-order valence-corrected chi connectivity index (χ0v) is 10.9. The zero-order valence-electron chi connectivity index (χ0n) is 10.9. The Bertz CT molecular complexity index is 543. The molecule has 0 saturated heterocycles. The Morgan fingerprint density at radius 1 is 0.947 bits per heavy atom. The fourth-order valence-electron chi connectivity index (χ4n) is 1.94. The molecule has 2 nitrogen and oxygen atoms in total. The van der Waals surface area contributed by atoms with E-state index in [-0.39, 0.29) is 0 Å². The monoisotopic (exact) mass is 251 g/mol. The van der Waals surface area contributed by atoms with Crippen LogP contribution in [0.4, 0.5) is 0 Å². The number of unbranched alkanes of at least 4 members (excludes halogenated alkanes) is 1. The number of nitriles is 1. The number of para-hydroxylation sites is 1. The molecule has 2 aromatic rings. The maximum atomic E-state index is 8.51. The molecule has 0 spiro atoms. The Labute approximate surface area is 114 Å². The molecule has 2 heteroatoms. The summed E-state index contributed by atoms with van der Waals surface area (Å²) in [5.74, 6) is 0.921. The van der Waals surface area contributed by atoms with Gasteiger partial charge in [-0.3, -0.25) is 0 Å². The van der Waals surface area contributed by atoms with E-state index in [9.17, 15) is 0 Å². The summed E-state index contributed by atoms with van der Waals surface area (Å²) in [5, 5.41) is 8.51. The predicted octanol–water partition coefficient (Wildman–Crippen LogP) is 3.96. The second-order valence-corrected chi connectivity index (χ2v) is 4.38. The molecule has 2 rings (SSSR count). The van der Waals surface area contributed by atoms with Gasteiger partial charge in [-0.05, 0) is 23.6 Å². The lowest BCUT2D eigenvalue weighted by molar-refractivity contribution is 0.310. The SMILES string of the molecule is N#CCCCOc1ccccc1Cc1ccccc1. The van der Waals surface area contributed by atoms with Crippen LogP contribution in [-0.2, 0) is 6.42 Å². The van der Waals surface area contributed by atoms with E-state index < -0.39 is 0 Å². The average Bonchev–Trinajstić information content (AvgIpc) is 2.46. The van der Waals surface area contributed by atoms with Gasteiger partial charge in [0.05, 0.1) is 12.7 Å². The maximum Gasteiger partial charge on any atom is 0.122 e. The number of hydrogen-bond donors (Lipinski definition) is 0. The van der Waals surface area contributed by atoms with Gasteiger partial charge in [0.15, 0.2) is 0 Å².